The average Bonchev–Trinajstić information content (AvgIpc) is 2.92. The van der Waals surface area contributed by atoms with Gasteiger partial charge in [-0.05, 0) is 37.6 Å². The topological polar surface area (TPSA) is 60.0 Å². The maximum Gasteiger partial charge on any atom is 0.177 e. The van der Waals surface area contributed by atoms with E-state index in [2.05, 4.69) is 15.0 Å². The van der Waals surface area contributed by atoms with E-state index in [1.165, 1.54) is 0 Å². The highest BCUT2D eigenvalue weighted by atomic mass is 16.5. The average molecular weight is 283 g/mol. The van der Waals surface area contributed by atoms with E-state index in [1.54, 1.807) is 20.5 Å². The molecule has 5 nitrogen and oxygen atoms in total. The number of H-pyrrole nitrogens is 1. The molecule has 0 fully saturated rings. The number of hydrogen-bond acceptors (Lipinski definition) is 4. The number of nitrogens with zero attached hydrogens (tertiary/aromatic N) is 2. The highest BCUT2D eigenvalue weighted by Crippen LogP contribution is 2.41. The van der Waals surface area contributed by atoms with Gasteiger partial charge >= 0.3 is 0 Å². The van der Waals surface area contributed by atoms with Crippen molar-refractivity contribution in [3.8, 4) is 22.6 Å². The number of benzene rings is 1. The largest absolute Gasteiger partial charge is 0.496 e. The third-order valence-electron chi connectivity index (χ3n) is 3.52. The number of imidazole rings is 1. The van der Waals surface area contributed by atoms with E-state index < -0.39 is 0 Å². The minimum absolute atomic E-state index is 0.710. The molecular weight excluding hydrogens is 266 g/mol. The lowest BCUT2D eigenvalue weighted by Crippen LogP contribution is -1.97. The van der Waals surface area contributed by atoms with Gasteiger partial charge in [-0.1, -0.05) is 0 Å². The molecule has 0 spiro atoms. The fraction of sp³-hybridized carbons (Fsp3) is 0.250. The van der Waals surface area contributed by atoms with Crippen molar-refractivity contribution in [3.63, 3.8) is 0 Å². The summed E-state index contributed by atoms with van der Waals surface area (Å²) in [7, 11) is 3.32. The quantitative estimate of drug-likeness (QED) is 0.801. The first kappa shape index (κ1) is 13.4. The summed E-state index contributed by atoms with van der Waals surface area (Å²) in [6.07, 6.45) is 1.64. The molecule has 3 aromatic rings. The molecule has 3 rings (SSSR count). The predicted molar refractivity (Wildman–Crippen MR) is 81.9 cm³/mol. The van der Waals surface area contributed by atoms with Gasteiger partial charge in [-0.15, -0.1) is 0 Å². The van der Waals surface area contributed by atoms with Crippen molar-refractivity contribution in [1.29, 1.82) is 0 Å². The number of aromatic amines is 1. The molecule has 0 unspecified atom stereocenters. The Hall–Kier alpha value is -2.56. The van der Waals surface area contributed by atoms with Gasteiger partial charge in [0.2, 0.25) is 0 Å². The zero-order valence-electron chi connectivity index (χ0n) is 12.5. The Labute approximate surface area is 123 Å². The molecular formula is C16H17N3O2. The van der Waals surface area contributed by atoms with Crippen molar-refractivity contribution in [1.82, 2.24) is 15.0 Å². The Kier molecular flexibility index (Phi) is 3.25. The number of aryl methyl sites for hydroxylation is 2. The Morgan fingerprint density at radius 1 is 1.00 bits per heavy atom. The van der Waals surface area contributed by atoms with Crippen LogP contribution in [0.15, 0.2) is 24.5 Å². The molecule has 1 N–H and O–H groups in total. The van der Waals surface area contributed by atoms with Crippen LogP contribution in [0.25, 0.3) is 22.3 Å². The second kappa shape index (κ2) is 5.09. The van der Waals surface area contributed by atoms with E-state index in [1.807, 2.05) is 32.0 Å². The minimum Gasteiger partial charge on any atom is -0.496 e. The SMILES string of the molecule is COc1cc(C)cc(OC)c1-c1cc2[nH]cnc2nc1C. The number of fused-ring (bicyclic) bond motifs is 1. The minimum atomic E-state index is 0.710. The normalized spacial score (nSPS) is 10.9. The van der Waals surface area contributed by atoms with Crippen LogP contribution in [0.3, 0.4) is 0 Å². The lowest BCUT2D eigenvalue weighted by molar-refractivity contribution is 0.397. The first-order valence-electron chi connectivity index (χ1n) is 6.67. The van der Waals surface area contributed by atoms with Crippen molar-refractivity contribution < 1.29 is 9.47 Å². The maximum absolute atomic E-state index is 5.54. The van der Waals surface area contributed by atoms with Gasteiger partial charge in [-0.3, -0.25) is 0 Å². The Balaban J connectivity index is 2.33. The van der Waals surface area contributed by atoms with Gasteiger partial charge in [-0.25, -0.2) is 9.97 Å². The van der Waals surface area contributed by atoms with Gasteiger partial charge in [0.1, 0.15) is 11.5 Å². The first-order chi connectivity index (χ1) is 10.1. The van der Waals surface area contributed by atoms with Gasteiger partial charge < -0.3 is 14.5 Å². The Morgan fingerprint density at radius 3 is 2.29 bits per heavy atom. The van der Waals surface area contributed by atoms with Crippen LogP contribution in [0.5, 0.6) is 11.5 Å². The number of hydrogen-bond donors (Lipinski definition) is 1. The van der Waals surface area contributed by atoms with Crippen LogP contribution in [0.4, 0.5) is 0 Å². The molecule has 2 aromatic heterocycles. The number of ether oxygens (including phenoxy) is 2. The molecule has 0 bridgehead atoms. The zero-order valence-corrected chi connectivity index (χ0v) is 12.5. The molecule has 0 aliphatic heterocycles. The van der Waals surface area contributed by atoms with Crippen molar-refractivity contribution in [3.05, 3.63) is 35.8 Å². The molecule has 0 atom stereocenters. The van der Waals surface area contributed by atoms with E-state index in [-0.39, 0.29) is 0 Å². The fourth-order valence-corrected chi connectivity index (χ4v) is 2.52. The summed E-state index contributed by atoms with van der Waals surface area (Å²) in [6, 6.07) is 6.02. The Morgan fingerprint density at radius 2 is 1.67 bits per heavy atom. The number of rotatable bonds is 3. The molecule has 108 valence electrons. The lowest BCUT2D eigenvalue weighted by Gasteiger charge is -2.16. The summed E-state index contributed by atoms with van der Waals surface area (Å²) >= 11 is 0. The lowest BCUT2D eigenvalue weighted by atomic mass is 10.00. The molecule has 0 aliphatic rings. The summed E-state index contributed by atoms with van der Waals surface area (Å²) in [5, 5.41) is 0. The van der Waals surface area contributed by atoms with E-state index in [0.717, 1.165) is 39.4 Å². The standard InChI is InChI=1S/C16H17N3O2/c1-9-5-13(20-3)15(14(6-9)21-4)11-7-12-16(18-8-17-12)19-10(11)2/h5-8H,1-4H3,(H,17,18,19). The second-order valence-electron chi connectivity index (χ2n) is 4.94. The number of nitrogens with one attached hydrogen (secondary N) is 1. The number of aromatic nitrogens is 3. The summed E-state index contributed by atoms with van der Waals surface area (Å²) in [5.74, 6) is 1.55. The van der Waals surface area contributed by atoms with Gasteiger partial charge in [0.25, 0.3) is 0 Å². The van der Waals surface area contributed by atoms with Gasteiger partial charge in [0.05, 0.1) is 31.6 Å². The van der Waals surface area contributed by atoms with Gasteiger partial charge in [0.15, 0.2) is 5.65 Å². The molecule has 0 amide bonds. The van der Waals surface area contributed by atoms with E-state index in [9.17, 15) is 0 Å². The van der Waals surface area contributed by atoms with Crippen LogP contribution in [-0.2, 0) is 0 Å². The molecule has 1 aromatic carbocycles. The predicted octanol–water partition coefficient (Wildman–Crippen LogP) is 3.26. The molecule has 0 radical (unpaired) electrons. The zero-order chi connectivity index (χ0) is 15.0. The summed E-state index contributed by atoms with van der Waals surface area (Å²) < 4.78 is 11.1. The third kappa shape index (κ3) is 2.20. The monoisotopic (exact) mass is 283 g/mol. The van der Waals surface area contributed by atoms with E-state index in [0.29, 0.717) is 5.65 Å². The van der Waals surface area contributed by atoms with Crippen LogP contribution in [-0.4, -0.2) is 29.2 Å². The highest BCUT2D eigenvalue weighted by Gasteiger charge is 2.17. The highest BCUT2D eigenvalue weighted by molar-refractivity contribution is 5.85. The molecule has 5 heteroatoms. The van der Waals surface area contributed by atoms with Crippen LogP contribution < -0.4 is 9.47 Å². The van der Waals surface area contributed by atoms with E-state index >= 15 is 0 Å². The van der Waals surface area contributed by atoms with Crippen molar-refractivity contribution in [2.75, 3.05) is 14.2 Å². The van der Waals surface area contributed by atoms with Crippen LogP contribution >= 0.6 is 0 Å². The second-order valence-corrected chi connectivity index (χ2v) is 4.94. The fourth-order valence-electron chi connectivity index (χ4n) is 2.52. The summed E-state index contributed by atoms with van der Waals surface area (Å²) in [5.41, 5.74) is 5.45. The summed E-state index contributed by atoms with van der Waals surface area (Å²) in [4.78, 5) is 11.8. The number of pyridine rings is 1. The van der Waals surface area contributed by atoms with Gasteiger partial charge in [0, 0.05) is 11.3 Å². The molecule has 0 aliphatic carbocycles. The van der Waals surface area contributed by atoms with E-state index in [4.69, 9.17) is 9.47 Å². The summed E-state index contributed by atoms with van der Waals surface area (Å²) in [6.45, 7) is 3.97. The molecule has 21 heavy (non-hydrogen) atoms. The number of methoxy groups -OCH3 is 2. The third-order valence-corrected chi connectivity index (χ3v) is 3.52. The van der Waals surface area contributed by atoms with Crippen LogP contribution in [0, 0.1) is 13.8 Å². The smallest absolute Gasteiger partial charge is 0.177 e. The molecule has 2 heterocycles. The van der Waals surface area contributed by atoms with Crippen LogP contribution in [0.2, 0.25) is 0 Å². The first-order valence-corrected chi connectivity index (χ1v) is 6.67. The van der Waals surface area contributed by atoms with Crippen molar-refractivity contribution in [2.45, 2.75) is 13.8 Å². The van der Waals surface area contributed by atoms with Crippen molar-refractivity contribution >= 4 is 11.2 Å². The maximum atomic E-state index is 5.54. The van der Waals surface area contributed by atoms with Crippen molar-refractivity contribution in [2.24, 2.45) is 0 Å². The molecule has 0 saturated carbocycles. The van der Waals surface area contributed by atoms with Gasteiger partial charge in [-0.2, -0.15) is 0 Å². The Bertz CT molecular complexity index is 783. The van der Waals surface area contributed by atoms with Crippen LogP contribution in [0.1, 0.15) is 11.3 Å². The molecule has 0 saturated heterocycles.